The summed E-state index contributed by atoms with van der Waals surface area (Å²) in [5.74, 6) is 0.262. The third kappa shape index (κ3) is 4.17. The summed E-state index contributed by atoms with van der Waals surface area (Å²) in [6, 6.07) is 9.84. The average Bonchev–Trinajstić information content (AvgIpc) is 2.42. The Kier molecular flexibility index (Phi) is 4.84. The van der Waals surface area contributed by atoms with Gasteiger partial charge in [-0.3, -0.25) is 4.98 Å². The summed E-state index contributed by atoms with van der Waals surface area (Å²) in [6.07, 6.45) is 1.35. The fourth-order valence-corrected chi connectivity index (χ4v) is 1.71. The topological polar surface area (TPSA) is 54.4 Å². The predicted octanol–water partition coefficient (Wildman–Crippen LogP) is 2.68. The number of nitrogens with one attached hydrogen (secondary N) is 1. The van der Waals surface area contributed by atoms with E-state index < -0.39 is 6.61 Å². The molecule has 2 rings (SSSR count). The number of hydrogen-bond acceptors (Lipinski definition) is 4. The minimum Gasteiger partial charge on any atom is -0.506 e. The van der Waals surface area contributed by atoms with E-state index in [4.69, 9.17) is 5.11 Å². The summed E-state index contributed by atoms with van der Waals surface area (Å²) in [4.78, 5) is 4.02. The number of aromatic nitrogens is 1. The molecule has 1 heterocycles. The highest BCUT2D eigenvalue weighted by Gasteiger charge is 2.08. The molecule has 0 fully saturated rings. The van der Waals surface area contributed by atoms with Gasteiger partial charge in [0.05, 0.1) is 11.9 Å². The number of aromatic hydroxyl groups is 1. The summed E-state index contributed by atoms with van der Waals surface area (Å²) in [6.45, 7) is -2.00. The number of alkyl halides is 2. The third-order valence-corrected chi connectivity index (χ3v) is 2.62. The van der Waals surface area contributed by atoms with Gasteiger partial charge >= 0.3 is 6.61 Å². The third-order valence-electron chi connectivity index (χ3n) is 2.62. The van der Waals surface area contributed by atoms with Gasteiger partial charge in [0, 0.05) is 18.7 Å². The molecule has 0 aliphatic rings. The molecule has 0 aliphatic carbocycles. The van der Waals surface area contributed by atoms with Gasteiger partial charge in [0.2, 0.25) is 0 Å². The predicted molar refractivity (Wildman–Crippen MR) is 69.5 cm³/mol. The van der Waals surface area contributed by atoms with E-state index in [1.807, 2.05) is 0 Å². The molecular weight excluding hydrogens is 266 g/mol. The fraction of sp³-hybridized carbons (Fsp3) is 0.214. The van der Waals surface area contributed by atoms with Crippen molar-refractivity contribution in [3.63, 3.8) is 0 Å². The van der Waals surface area contributed by atoms with Crippen molar-refractivity contribution in [1.29, 1.82) is 0 Å². The molecular formula is C14H14F2N2O2. The van der Waals surface area contributed by atoms with Gasteiger partial charge in [0.1, 0.15) is 11.5 Å². The molecule has 1 aromatic carbocycles. The Morgan fingerprint density at radius 1 is 1.15 bits per heavy atom. The molecule has 2 N–H and O–H groups in total. The summed E-state index contributed by atoms with van der Waals surface area (Å²) in [5.41, 5.74) is 1.39. The number of pyridine rings is 1. The quantitative estimate of drug-likeness (QED) is 0.854. The van der Waals surface area contributed by atoms with E-state index in [9.17, 15) is 8.78 Å². The molecule has 0 atom stereocenters. The summed E-state index contributed by atoms with van der Waals surface area (Å²) in [5, 5.41) is 12.2. The molecule has 0 unspecified atom stereocenters. The van der Waals surface area contributed by atoms with Crippen LogP contribution < -0.4 is 10.1 Å². The fourth-order valence-electron chi connectivity index (χ4n) is 1.71. The van der Waals surface area contributed by atoms with Crippen LogP contribution in [0.4, 0.5) is 8.78 Å². The maximum atomic E-state index is 12.2. The van der Waals surface area contributed by atoms with Crippen molar-refractivity contribution < 1.29 is 18.6 Å². The van der Waals surface area contributed by atoms with E-state index in [1.54, 1.807) is 24.3 Å². The highest BCUT2D eigenvalue weighted by Crippen LogP contribution is 2.20. The molecule has 0 radical (unpaired) electrons. The normalized spacial score (nSPS) is 10.8. The van der Waals surface area contributed by atoms with Gasteiger partial charge in [0.25, 0.3) is 0 Å². The van der Waals surface area contributed by atoms with Crippen LogP contribution in [0.1, 0.15) is 11.3 Å². The van der Waals surface area contributed by atoms with Gasteiger partial charge in [-0.2, -0.15) is 8.78 Å². The highest BCUT2D eigenvalue weighted by atomic mass is 19.3. The zero-order valence-corrected chi connectivity index (χ0v) is 10.6. The zero-order valence-electron chi connectivity index (χ0n) is 10.6. The van der Waals surface area contributed by atoms with Crippen LogP contribution >= 0.6 is 0 Å². The van der Waals surface area contributed by atoms with Gasteiger partial charge in [-0.05, 0) is 18.2 Å². The number of hydrogen-bond donors (Lipinski definition) is 2. The lowest BCUT2D eigenvalue weighted by atomic mass is 10.2. The molecule has 0 saturated heterocycles. The van der Waals surface area contributed by atoms with Crippen LogP contribution in [0.25, 0.3) is 0 Å². The van der Waals surface area contributed by atoms with E-state index >= 15 is 0 Å². The van der Waals surface area contributed by atoms with E-state index in [-0.39, 0.29) is 11.5 Å². The van der Waals surface area contributed by atoms with Crippen LogP contribution in [0.3, 0.4) is 0 Å². The lowest BCUT2D eigenvalue weighted by molar-refractivity contribution is -0.0505. The van der Waals surface area contributed by atoms with Crippen molar-refractivity contribution in [3.8, 4) is 11.5 Å². The lowest BCUT2D eigenvalue weighted by Crippen LogP contribution is -2.15. The second-order valence-corrected chi connectivity index (χ2v) is 4.10. The molecule has 0 saturated carbocycles. The van der Waals surface area contributed by atoms with Crippen molar-refractivity contribution in [2.45, 2.75) is 19.7 Å². The monoisotopic (exact) mass is 280 g/mol. The number of para-hydroxylation sites is 1. The van der Waals surface area contributed by atoms with Crippen LogP contribution in [0, 0.1) is 0 Å². The van der Waals surface area contributed by atoms with Gasteiger partial charge < -0.3 is 15.2 Å². The standard InChI is InChI=1S/C14H14F2N2O2/c15-14(16)20-13-4-2-1-3-10(13)7-17-8-11-5-6-12(19)9-18-11/h1-6,9,14,17,19H,7-8H2. The lowest BCUT2D eigenvalue weighted by Gasteiger charge is -2.11. The summed E-state index contributed by atoms with van der Waals surface area (Å²) < 4.78 is 28.9. The first-order chi connectivity index (χ1) is 9.65. The Morgan fingerprint density at radius 2 is 1.95 bits per heavy atom. The Hall–Kier alpha value is -2.21. The maximum absolute atomic E-state index is 12.2. The van der Waals surface area contributed by atoms with Gasteiger partial charge in [-0.15, -0.1) is 0 Å². The summed E-state index contributed by atoms with van der Waals surface area (Å²) >= 11 is 0. The molecule has 0 bridgehead atoms. The second-order valence-electron chi connectivity index (χ2n) is 4.10. The van der Waals surface area contributed by atoms with Crippen LogP contribution in [0.5, 0.6) is 11.5 Å². The first-order valence-corrected chi connectivity index (χ1v) is 6.02. The van der Waals surface area contributed by atoms with E-state index in [0.29, 0.717) is 18.7 Å². The van der Waals surface area contributed by atoms with Crippen molar-refractivity contribution in [3.05, 3.63) is 53.9 Å². The number of halogens is 2. The highest BCUT2D eigenvalue weighted by molar-refractivity contribution is 5.33. The SMILES string of the molecule is Oc1ccc(CNCc2ccccc2OC(F)F)nc1. The smallest absolute Gasteiger partial charge is 0.387 e. The van der Waals surface area contributed by atoms with Crippen molar-refractivity contribution in [2.24, 2.45) is 0 Å². The van der Waals surface area contributed by atoms with Crippen molar-refractivity contribution in [2.75, 3.05) is 0 Å². The largest absolute Gasteiger partial charge is 0.506 e. The molecule has 0 aliphatic heterocycles. The van der Waals surface area contributed by atoms with Crippen LogP contribution in [-0.4, -0.2) is 16.7 Å². The molecule has 20 heavy (non-hydrogen) atoms. The molecule has 0 spiro atoms. The van der Waals surface area contributed by atoms with Crippen molar-refractivity contribution >= 4 is 0 Å². The Labute approximate surface area is 115 Å². The van der Waals surface area contributed by atoms with E-state index in [1.165, 1.54) is 18.3 Å². The Balaban J connectivity index is 1.92. The maximum Gasteiger partial charge on any atom is 0.387 e. The van der Waals surface area contributed by atoms with Gasteiger partial charge in [-0.25, -0.2) is 0 Å². The second kappa shape index (κ2) is 6.81. The number of benzene rings is 1. The molecule has 1 aromatic heterocycles. The first kappa shape index (κ1) is 14.2. The first-order valence-electron chi connectivity index (χ1n) is 6.02. The van der Waals surface area contributed by atoms with E-state index in [2.05, 4.69) is 15.0 Å². The minimum absolute atomic E-state index is 0.101. The number of ether oxygens (including phenoxy) is 1. The molecule has 4 nitrogen and oxygen atoms in total. The van der Waals surface area contributed by atoms with E-state index in [0.717, 1.165) is 5.69 Å². The summed E-state index contributed by atoms with van der Waals surface area (Å²) in [7, 11) is 0. The number of rotatable bonds is 6. The Bertz CT molecular complexity index is 547. The van der Waals surface area contributed by atoms with Crippen LogP contribution in [0.2, 0.25) is 0 Å². The van der Waals surface area contributed by atoms with Crippen molar-refractivity contribution in [1.82, 2.24) is 10.3 Å². The average molecular weight is 280 g/mol. The van der Waals surface area contributed by atoms with Gasteiger partial charge in [-0.1, -0.05) is 18.2 Å². The molecule has 2 aromatic rings. The molecule has 6 heteroatoms. The van der Waals surface area contributed by atoms with Crippen LogP contribution in [0.15, 0.2) is 42.6 Å². The number of nitrogens with zero attached hydrogens (tertiary/aromatic N) is 1. The zero-order chi connectivity index (χ0) is 14.4. The van der Waals surface area contributed by atoms with Gasteiger partial charge in [0.15, 0.2) is 0 Å². The minimum atomic E-state index is -2.84. The Morgan fingerprint density at radius 3 is 2.65 bits per heavy atom. The molecule has 0 amide bonds. The van der Waals surface area contributed by atoms with Crippen LogP contribution in [-0.2, 0) is 13.1 Å². The molecule has 106 valence electrons.